The van der Waals surface area contributed by atoms with E-state index < -0.39 is 42.3 Å². The van der Waals surface area contributed by atoms with Crippen molar-refractivity contribution in [1.29, 1.82) is 0 Å². The lowest BCUT2D eigenvalue weighted by Crippen LogP contribution is -2.47. The number of esters is 1. The van der Waals surface area contributed by atoms with Crippen LogP contribution in [-0.4, -0.2) is 44.8 Å². The molecule has 1 aromatic carbocycles. The van der Waals surface area contributed by atoms with E-state index in [-0.39, 0.29) is 5.56 Å². The zero-order valence-electron chi connectivity index (χ0n) is 11.2. The average molecular weight is 311 g/mol. The van der Waals surface area contributed by atoms with Crippen molar-refractivity contribution in [3.05, 3.63) is 29.8 Å². The molecule has 0 atom stereocenters. The molecule has 0 saturated heterocycles. The Morgan fingerprint density at radius 3 is 1.77 bits per heavy atom. The largest absolute Gasteiger partial charge is 0.481 e. The number of hydrogen-bond acceptors (Lipinski definition) is 6. The molecule has 1 aromatic rings. The molecule has 0 aliphatic carbocycles. The van der Waals surface area contributed by atoms with Crippen LogP contribution in [0.25, 0.3) is 0 Å². The molecular weight excluding hydrogens is 298 g/mol. The summed E-state index contributed by atoms with van der Waals surface area (Å²) in [6.07, 6.45) is -2.37. The highest BCUT2D eigenvalue weighted by Crippen LogP contribution is 2.24. The van der Waals surface area contributed by atoms with Crippen molar-refractivity contribution in [2.24, 2.45) is 0 Å². The Labute approximate surface area is 123 Å². The fourth-order valence-electron chi connectivity index (χ4n) is 1.67. The van der Waals surface area contributed by atoms with E-state index in [9.17, 15) is 19.2 Å². The van der Waals surface area contributed by atoms with Crippen LogP contribution >= 0.6 is 0 Å². The van der Waals surface area contributed by atoms with Gasteiger partial charge >= 0.3 is 23.9 Å². The first-order valence-corrected chi connectivity index (χ1v) is 5.92. The number of aliphatic carboxylic acids is 3. The molecule has 0 fully saturated rings. The Morgan fingerprint density at radius 1 is 0.955 bits per heavy atom. The summed E-state index contributed by atoms with van der Waals surface area (Å²) in [5.74, 6) is -6.26. The summed E-state index contributed by atoms with van der Waals surface area (Å²) in [7, 11) is 0. The lowest BCUT2D eigenvalue weighted by atomic mass is 9.95. The predicted molar refractivity (Wildman–Crippen MR) is 71.1 cm³/mol. The van der Waals surface area contributed by atoms with Gasteiger partial charge in [-0.1, -0.05) is 0 Å². The monoisotopic (exact) mass is 311 g/mol. The van der Waals surface area contributed by atoms with Gasteiger partial charge in [-0.15, -0.1) is 0 Å². The number of nitrogens with two attached hydrogens (primary N) is 1. The summed E-state index contributed by atoms with van der Waals surface area (Å²) in [4.78, 5) is 44.8. The van der Waals surface area contributed by atoms with Gasteiger partial charge in [0.05, 0.1) is 18.4 Å². The number of nitrogen functional groups attached to an aromatic ring is 1. The number of carboxylic acids is 3. The maximum Gasteiger partial charge on any atom is 0.349 e. The molecule has 9 nitrogen and oxygen atoms in total. The van der Waals surface area contributed by atoms with E-state index in [2.05, 4.69) is 0 Å². The molecule has 118 valence electrons. The molecule has 1 rings (SSSR count). The summed E-state index contributed by atoms with van der Waals surface area (Å²) in [6.45, 7) is 0. The first-order valence-electron chi connectivity index (χ1n) is 5.92. The average Bonchev–Trinajstić information content (AvgIpc) is 2.37. The minimum absolute atomic E-state index is 0.0874. The van der Waals surface area contributed by atoms with Crippen LogP contribution in [0.5, 0.6) is 0 Å². The third-order valence-electron chi connectivity index (χ3n) is 2.70. The molecule has 0 heterocycles. The van der Waals surface area contributed by atoms with Crippen LogP contribution in [0.4, 0.5) is 5.69 Å². The summed E-state index contributed by atoms with van der Waals surface area (Å²) in [5, 5.41) is 26.7. The van der Waals surface area contributed by atoms with Crippen molar-refractivity contribution in [2.45, 2.75) is 18.4 Å². The van der Waals surface area contributed by atoms with Crippen molar-refractivity contribution >= 4 is 29.6 Å². The van der Waals surface area contributed by atoms with E-state index in [1.54, 1.807) is 0 Å². The normalized spacial score (nSPS) is 10.7. The van der Waals surface area contributed by atoms with Crippen molar-refractivity contribution < 1.29 is 39.2 Å². The fraction of sp³-hybridized carbons (Fsp3) is 0.231. The summed E-state index contributed by atoms with van der Waals surface area (Å²) in [6, 6.07) is 5.19. The van der Waals surface area contributed by atoms with E-state index in [0.29, 0.717) is 5.69 Å². The standard InChI is InChI=1S/C13H13NO8/c14-8-3-1-7(2-4-8)11(19)22-13(12(20)21,5-9(15)16)6-10(17)18/h1-4H,5-6,14H2,(H,15,16)(H,17,18)(H,20,21). The number of carbonyl (C=O) groups is 4. The topological polar surface area (TPSA) is 164 Å². The van der Waals surface area contributed by atoms with E-state index in [1.807, 2.05) is 0 Å². The third-order valence-corrected chi connectivity index (χ3v) is 2.70. The fourth-order valence-corrected chi connectivity index (χ4v) is 1.67. The number of carbonyl (C=O) groups excluding carboxylic acids is 1. The smallest absolute Gasteiger partial charge is 0.349 e. The van der Waals surface area contributed by atoms with Crippen molar-refractivity contribution in [3.8, 4) is 0 Å². The Morgan fingerprint density at radius 2 is 1.41 bits per heavy atom. The molecule has 5 N–H and O–H groups in total. The Kier molecular flexibility index (Phi) is 5.06. The molecule has 0 amide bonds. The summed E-state index contributed by atoms with van der Waals surface area (Å²) >= 11 is 0. The summed E-state index contributed by atoms with van der Waals surface area (Å²) < 4.78 is 4.71. The highest BCUT2D eigenvalue weighted by Gasteiger charge is 2.47. The molecule has 9 heteroatoms. The minimum atomic E-state index is -2.70. The first kappa shape index (κ1) is 17.0. The molecule has 0 bridgehead atoms. The number of rotatable bonds is 7. The Bertz CT molecular complexity index is 591. The van der Waals surface area contributed by atoms with Gasteiger partial charge < -0.3 is 25.8 Å². The minimum Gasteiger partial charge on any atom is -0.481 e. The molecule has 0 aromatic heterocycles. The van der Waals surface area contributed by atoms with Crippen LogP contribution < -0.4 is 5.73 Å². The second-order valence-corrected chi connectivity index (χ2v) is 4.45. The van der Waals surface area contributed by atoms with Gasteiger partial charge in [0.2, 0.25) is 5.60 Å². The van der Waals surface area contributed by atoms with Gasteiger partial charge in [-0.25, -0.2) is 9.59 Å². The van der Waals surface area contributed by atoms with E-state index in [4.69, 9.17) is 25.8 Å². The zero-order chi connectivity index (χ0) is 16.9. The number of carboxylic acid groups (broad SMARTS) is 3. The lowest BCUT2D eigenvalue weighted by Gasteiger charge is -2.26. The second-order valence-electron chi connectivity index (χ2n) is 4.45. The highest BCUT2D eigenvalue weighted by molar-refractivity contribution is 5.95. The van der Waals surface area contributed by atoms with Crippen LogP contribution in [0.1, 0.15) is 23.2 Å². The van der Waals surface area contributed by atoms with Gasteiger partial charge in [0.25, 0.3) is 0 Å². The van der Waals surface area contributed by atoms with Crippen molar-refractivity contribution in [2.75, 3.05) is 5.73 Å². The van der Waals surface area contributed by atoms with Gasteiger partial charge in [-0.2, -0.15) is 0 Å². The van der Waals surface area contributed by atoms with Gasteiger partial charge in [0.15, 0.2) is 0 Å². The maximum absolute atomic E-state index is 11.9. The molecule has 0 aliphatic heterocycles. The van der Waals surface area contributed by atoms with Crippen LogP contribution in [0.3, 0.4) is 0 Å². The first-order chi connectivity index (χ1) is 10.2. The van der Waals surface area contributed by atoms with Crippen molar-refractivity contribution in [3.63, 3.8) is 0 Å². The zero-order valence-corrected chi connectivity index (χ0v) is 11.2. The number of benzene rings is 1. The predicted octanol–water partition coefficient (Wildman–Crippen LogP) is 0.198. The van der Waals surface area contributed by atoms with Crippen LogP contribution in [-0.2, 0) is 19.1 Å². The molecule has 0 spiro atoms. The summed E-state index contributed by atoms with van der Waals surface area (Å²) in [5.41, 5.74) is 2.99. The van der Waals surface area contributed by atoms with Gasteiger partial charge in [-0.3, -0.25) is 9.59 Å². The second kappa shape index (κ2) is 6.57. The van der Waals surface area contributed by atoms with Crippen LogP contribution in [0.2, 0.25) is 0 Å². The maximum atomic E-state index is 11.9. The Hall–Kier alpha value is -3.10. The molecular formula is C13H13NO8. The molecule has 0 radical (unpaired) electrons. The molecule has 0 saturated carbocycles. The van der Waals surface area contributed by atoms with E-state index >= 15 is 0 Å². The third kappa shape index (κ3) is 4.20. The van der Waals surface area contributed by atoms with Crippen LogP contribution in [0.15, 0.2) is 24.3 Å². The van der Waals surface area contributed by atoms with E-state index in [1.165, 1.54) is 24.3 Å². The van der Waals surface area contributed by atoms with Crippen LogP contribution in [0, 0.1) is 0 Å². The van der Waals surface area contributed by atoms with Gasteiger partial charge in [0.1, 0.15) is 0 Å². The SMILES string of the molecule is Nc1ccc(C(=O)OC(CC(=O)O)(CC(=O)O)C(=O)O)cc1. The number of hydrogen-bond donors (Lipinski definition) is 4. The quantitative estimate of drug-likeness (QED) is 0.406. The lowest BCUT2D eigenvalue weighted by molar-refractivity contribution is -0.171. The number of ether oxygens (including phenoxy) is 1. The number of anilines is 1. The molecule has 0 aliphatic rings. The Balaban J connectivity index is 3.12. The van der Waals surface area contributed by atoms with Gasteiger partial charge in [0, 0.05) is 5.69 Å². The molecule has 22 heavy (non-hydrogen) atoms. The van der Waals surface area contributed by atoms with E-state index in [0.717, 1.165) is 0 Å². The van der Waals surface area contributed by atoms with Gasteiger partial charge in [-0.05, 0) is 24.3 Å². The van der Waals surface area contributed by atoms with Crippen molar-refractivity contribution in [1.82, 2.24) is 0 Å². The highest BCUT2D eigenvalue weighted by atomic mass is 16.6. The molecule has 0 unspecified atom stereocenters.